The molecule has 1 N–H and O–H groups in total. The standard InChI is InChI=1S/C13H12ClF4NO3S/c14-23(21,22)10-2-1-8(15)5-9(10)11(7-3-4-19-6-7)12(20)13(16,17)18/h1-2,5,7,11,19H,3-4,6H2/t7?,11-/m1/s1. The quantitative estimate of drug-likeness (QED) is 0.651. The maximum Gasteiger partial charge on any atom is 0.450 e. The maximum absolute atomic E-state index is 13.5. The molecule has 1 aliphatic rings. The minimum Gasteiger partial charge on any atom is -0.316 e. The average molecular weight is 374 g/mol. The van der Waals surface area contributed by atoms with Crippen LogP contribution in [0.3, 0.4) is 0 Å². The number of alkyl halides is 3. The Labute approximate surface area is 134 Å². The second-order valence-corrected chi connectivity index (χ2v) is 7.75. The molecule has 0 radical (unpaired) electrons. The van der Waals surface area contributed by atoms with Crippen LogP contribution in [0.15, 0.2) is 23.1 Å². The van der Waals surface area contributed by atoms with Gasteiger partial charge in [-0.15, -0.1) is 0 Å². The van der Waals surface area contributed by atoms with Crippen LogP contribution in [0, 0.1) is 11.7 Å². The minimum absolute atomic E-state index is 0.0881. The number of hydrogen-bond donors (Lipinski definition) is 1. The Hall–Kier alpha value is -1.19. The Bertz CT molecular complexity index is 714. The van der Waals surface area contributed by atoms with Gasteiger partial charge in [0.25, 0.3) is 9.05 Å². The fourth-order valence-electron chi connectivity index (χ4n) is 2.73. The molecule has 0 spiro atoms. The molecule has 1 fully saturated rings. The minimum atomic E-state index is -5.17. The lowest BCUT2D eigenvalue weighted by molar-refractivity contribution is -0.174. The summed E-state index contributed by atoms with van der Waals surface area (Å²) in [7, 11) is 0.789. The van der Waals surface area contributed by atoms with Crippen molar-refractivity contribution in [1.82, 2.24) is 5.32 Å². The highest BCUT2D eigenvalue weighted by atomic mass is 35.7. The van der Waals surface area contributed by atoms with Crippen molar-refractivity contribution in [2.24, 2.45) is 5.92 Å². The summed E-state index contributed by atoms with van der Waals surface area (Å²) in [5, 5.41) is 2.81. The zero-order valence-corrected chi connectivity index (χ0v) is 13.1. The topological polar surface area (TPSA) is 63.2 Å². The van der Waals surface area contributed by atoms with Crippen molar-refractivity contribution in [3.05, 3.63) is 29.6 Å². The summed E-state index contributed by atoms with van der Waals surface area (Å²) >= 11 is 0. The zero-order chi connectivity index (χ0) is 17.4. The van der Waals surface area contributed by atoms with Gasteiger partial charge in [0.05, 0.1) is 10.8 Å². The average Bonchev–Trinajstić information content (AvgIpc) is 2.90. The molecule has 1 saturated heterocycles. The first-order valence-corrected chi connectivity index (χ1v) is 8.88. The lowest BCUT2D eigenvalue weighted by Crippen LogP contribution is -2.35. The highest BCUT2D eigenvalue weighted by Gasteiger charge is 2.48. The molecule has 0 aliphatic carbocycles. The summed E-state index contributed by atoms with van der Waals surface area (Å²) in [5.74, 6) is -5.69. The molecular weight excluding hydrogens is 362 g/mol. The van der Waals surface area contributed by atoms with Gasteiger partial charge in [-0.3, -0.25) is 4.79 Å². The monoisotopic (exact) mass is 373 g/mol. The Balaban J connectivity index is 2.64. The molecular formula is C13H12ClF4NO3S. The largest absolute Gasteiger partial charge is 0.450 e. The molecule has 23 heavy (non-hydrogen) atoms. The van der Waals surface area contributed by atoms with Gasteiger partial charge in [0.15, 0.2) is 0 Å². The Morgan fingerprint density at radius 1 is 1.35 bits per heavy atom. The molecule has 0 aromatic heterocycles. The first-order chi connectivity index (χ1) is 10.5. The van der Waals surface area contributed by atoms with Crippen LogP contribution >= 0.6 is 10.7 Å². The van der Waals surface area contributed by atoms with E-state index in [0.717, 1.165) is 12.1 Å². The highest BCUT2D eigenvalue weighted by molar-refractivity contribution is 8.13. The summed E-state index contributed by atoms with van der Waals surface area (Å²) in [6.07, 6.45) is -4.95. The van der Waals surface area contributed by atoms with E-state index in [1.165, 1.54) is 0 Å². The second kappa shape index (κ2) is 6.37. The van der Waals surface area contributed by atoms with Gasteiger partial charge in [-0.05, 0) is 49.2 Å². The molecule has 1 aliphatic heterocycles. The van der Waals surface area contributed by atoms with Crippen molar-refractivity contribution in [3.63, 3.8) is 0 Å². The van der Waals surface area contributed by atoms with E-state index < -0.39 is 49.1 Å². The SMILES string of the molecule is O=C([C@@H](c1cc(F)ccc1S(=O)(=O)Cl)C1CCNC1)C(F)(F)F. The van der Waals surface area contributed by atoms with Crippen LogP contribution in [0.25, 0.3) is 0 Å². The van der Waals surface area contributed by atoms with E-state index in [-0.39, 0.29) is 13.0 Å². The molecule has 10 heteroatoms. The van der Waals surface area contributed by atoms with Gasteiger partial charge < -0.3 is 5.32 Å². The summed E-state index contributed by atoms with van der Waals surface area (Å²) in [6, 6.07) is 2.16. The van der Waals surface area contributed by atoms with Crippen LogP contribution in [0.5, 0.6) is 0 Å². The van der Waals surface area contributed by atoms with Crippen molar-refractivity contribution in [2.45, 2.75) is 23.4 Å². The number of nitrogens with one attached hydrogen (secondary N) is 1. The summed E-state index contributed by atoms with van der Waals surface area (Å²) in [6.45, 7) is 0.468. The Kier molecular flexibility index (Phi) is 5.03. The van der Waals surface area contributed by atoms with Crippen molar-refractivity contribution in [1.29, 1.82) is 0 Å². The third-order valence-corrected chi connectivity index (χ3v) is 5.10. The van der Waals surface area contributed by atoms with E-state index in [1.54, 1.807) is 0 Å². The summed E-state index contributed by atoms with van der Waals surface area (Å²) in [5.41, 5.74) is -0.559. The van der Waals surface area contributed by atoms with E-state index >= 15 is 0 Å². The van der Waals surface area contributed by atoms with Gasteiger partial charge >= 0.3 is 6.18 Å². The number of carbonyl (C=O) groups excluding carboxylic acids is 1. The van der Waals surface area contributed by atoms with Crippen LogP contribution in [0.1, 0.15) is 17.9 Å². The van der Waals surface area contributed by atoms with Gasteiger partial charge in [0, 0.05) is 10.7 Å². The second-order valence-electron chi connectivity index (χ2n) is 5.21. The number of hydrogen-bond acceptors (Lipinski definition) is 4. The molecule has 128 valence electrons. The van der Waals surface area contributed by atoms with Crippen LogP contribution in [-0.2, 0) is 13.8 Å². The molecule has 1 unspecified atom stereocenters. The van der Waals surface area contributed by atoms with Gasteiger partial charge in [-0.1, -0.05) is 0 Å². The van der Waals surface area contributed by atoms with Crippen molar-refractivity contribution in [3.8, 4) is 0 Å². The number of Topliss-reactive ketones (excluding diaryl/α,β-unsaturated/α-hetero) is 1. The van der Waals surface area contributed by atoms with Crippen LogP contribution in [0.4, 0.5) is 17.6 Å². The van der Waals surface area contributed by atoms with Crippen LogP contribution in [-0.4, -0.2) is 33.5 Å². The molecule has 0 saturated carbocycles. The smallest absolute Gasteiger partial charge is 0.316 e. The fourth-order valence-corrected chi connectivity index (χ4v) is 3.85. The summed E-state index contributed by atoms with van der Waals surface area (Å²) < 4.78 is 75.4. The van der Waals surface area contributed by atoms with Crippen molar-refractivity contribution >= 4 is 25.5 Å². The van der Waals surface area contributed by atoms with Gasteiger partial charge in [-0.2, -0.15) is 13.2 Å². The third kappa shape index (κ3) is 4.02. The predicted octanol–water partition coefficient (Wildman–Crippen LogP) is 2.58. The number of benzene rings is 1. The first-order valence-electron chi connectivity index (χ1n) is 6.57. The molecule has 1 aromatic rings. The Morgan fingerprint density at radius 2 is 2.00 bits per heavy atom. The molecule has 1 aromatic carbocycles. The number of rotatable bonds is 4. The van der Waals surface area contributed by atoms with Crippen molar-refractivity contribution in [2.75, 3.05) is 13.1 Å². The number of halogens is 5. The lowest BCUT2D eigenvalue weighted by atomic mass is 9.82. The lowest BCUT2D eigenvalue weighted by Gasteiger charge is -2.24. The molecule has 1 heterocycles. The molecule has 4 nitrogen and oxygen atoms in total. The maximum atomic E-state index is 13.5. The summed E-state index contributed by atoms with van der Waals surface area (Å²) in [4.78, 5) is 11.1. The van der Waals surface area contributed by atoms with Crippen LogP contribution < -0.4 is 5.32 Å². The third-order valence-electron chi connectivity index (χ3n) is 3.70. The van der Waals surface area contributed by atoms with E-state index in [1.807, 2.05) is 0 Å². The van der Waals surface area contributed by atoms with E-state index in [0.29, 0.717) is 12.6 Å². The molecule has 0 bridgehead atoms. The highest BCUT2D eigenvalue weighted by Crippen LogP contribution is 2.39. The van der Waals surface area contributed by atoms with E-state index in [4.69, 9.17) is 10.7 Å². The normalized spacial score (nSPS) is 20.5. The van der Waals surface area contributed by atoms with Gasteiger partial charge in [-0.25, -0.2) is 12.8 Å². The first kappa shape index (κ1) is 18.2. The van der Waals surface area contributed by atoms with Crippen LogP contribution in [0.2, 0.25) is 0 Å². The number of ketones is 1. The fraction of sp³-hybridized carbons (Fsp3) is 0.462. The Morgan fingerprint density at radius 3 is 2.48 bits per heavy atom. The molecule has 2 rings (SSSR count). The molecule has 0 amide bonds. The molecule has 2 atom stereocenters. The van der Waals surface area contributed by atoms with Crippen molar-refractivity contribution < 1.29 is 30.8 Å². The van der Waals surface area contributed by atoms with Gasteiger partial charge in [0.2, 0.25) is 5.78 Å². The van der Waals surface area contributed by atoms with E-state index in [2.05, 4.69) is 5.32 Å². The predicted molar refractivity (Wildman–Crippen MR) is 74.2 cm³/mol. The zero-order valence-electron chi connectivity index (χ0n) is 11.5. The van der Waals surface area contributed by atoms with E-state index in [9.17, 15) is 30.8 Å². The van der Waals surface area contributed by atoms with Gasteiger partial charge in [0.1, 0.15) is 5.82 Å². The number of carbonyl (C=O) groups is 1.